The van der Waals surface area contributed by atoms with Crippen LogP contribution in [0.2, 0.25) is 5.02 Å². The molecule has 0 spiro atoms. The average molecular weight is 374 g/mol. The minimum absolute atomic E-state index is 0.0247. The molecule has 2 nitrogen and oxygen atoms in total. The maximum atomic E-state index is 6.14. The molecule has 1 aromatic rings. The summed E-state index contributed by atoms with van der Waals surface area (Å²) in [5.41, 5.74) is 7.27. The molecule has 4 heteroatoms. The number of halogens is 2. The molecule has 3 N–H and O–H groups in total. The number of hydrogen-bond donors (Lipinski definition) is 2. The Bertz CT molecular complexity index is 478. The van der Waals surface area contributed by atoms with Gasteiger partial charge in [0.2, 0.25) is 0 Å². The highest BCUT2D eigenvalue weighted by Crippen LogP contribution is 2.36. The first-order valence-electron chi connectivity index (χ1n) is 7.89. The van der Waals surface area contributed by atoms with Crippen molar-refractivity contribution in [1.82, 2.24) is 0 Å². The monoisotopic (exact) mass is 372 g/mol. The van der Waals surface area contributed by atoms with Crippen LogP contribution in [0.4, 0.5) is 5.69 Å². The van der Waals surface area contributed by atoms with Gasteiger partial charge in [0, 0.05) is 22.2 Å². The van der Waals surface area contributed by atoms with Crippen LogP contribution < -0.4 is 11.1 Å². The van der Waals surface area contributed by atoms with Crippen LogP contribution in [-0.2, 0) is 0 Å². The minimum Gasteiger partial charge on any atom is -0.378 e. The number of hydrogen-bond acceptors (Lipinski definition) is 2. The van der Waals surface area contributed by atoms with E-state index in [-0.39, 0.29) is 5.54 Å². The van der Waals surface area contributed by atoms with Crippen molar-refractivity contribution in [3.63, 3.8) is 0 Å². The normalized spacial score (nSPS) is 26.7. The predicted octanol–water partition coefficient (Wildman–Crippen LogP) is 5.45. The Morgan fingerprint density at radius 1 is 1.38 bits per heavy atom. The van der Waals surface area contributed by atoms with E-state index in [0.29, 0.717) is 6.54 Å². The fourth-order valence-electron chi connectivity index (χ4n) is 3.36. The van der Waals surface area contributed by atoms with Crippen molar-refractivity contribution >= 4 is 33.2 Å². The molecule has 1 fully saturated rings. The van der Waals surface area contributed by atoms with Crippen LogP contribution in [0.3, 0.4) is 0 Å². The molecule has 0 aliphatic heterocycles. The zero-order chi connectivity index (χ0) is 15.5. The van der Waals surface area contributed by atoms with E-state index < -0.39 is 0 Å². The van der Waals surface area contributed by atoms with E-state index in [1.54, 1.807) is 0 Å². The number of rotatable bonds is 4. The van der Waals surface area contributed by atoms with Crippen LogP contribution in [0.1, 0.15) is 46.0 Å². The van der Waals surface area contributed by atoms with Crippen LogP contribution in [0, 0.1) is 11.8 Å². The average Bonchev–Trinajstić information content (AvgIpc) is 2.66. The lowest BCUT2D eigenvalue weighted by Crippen LogP contribution is -2.45. The lowest BCUT2D eigenvalue weighted by Gasteiger charge is -2.34. The van der Waals surface area contributed by atoms with Gasteiger partial charge in [-0.05, 0) is 65.2 Å². The lowest BCUT2D eigenvalue weighted by atomic mass is 9.86. The Morgan fingerprint density at radius 2 is 2.14 bits per heavy atom. The Morgan fingerprint density at radius 3 is 2.76 bits per heavy atom. The molecule has 0 heterocycles. The number of benzene rings is 1. The summed E-state index contributed by atoms with van der Waals surface area (Å²) in [6.45, 7) is 5.35. The molecule has 1 saturated carbocycles. The third kappa shape index (κ3) is 4.37. The van der Waals surface area contributed by atoms with Gasteiger partial charge in [-0.1, -0.05) is 38.3 Å². The van der Waals surface area contributed by atoms with Gasteiger partial charge in [-0.25, -0.2) is 0 Å². The first-order chi connectivity index (χ1) is 9.96. The third-order valence-electron chi connectivity index (χ3n) is 4.89. The van der Waals surface area contributed by atoms with Crippen molar-refractivity contribution in [2.75, 3.05) is 11.9 Å². The van der Waals surface area contributed by atoms with Gasteiger partial charge in [-0.2, -0.15) is 0 Å². The summed E-state index contributed by atoms with van der Waals surface area (Å²) in [5.74, 6) is 1.60. The van der Waals surface area contributed by atoms with E-state index in [4.69, 9.17) is 17.3 Å². The molecule has 21 heavy (non-hydrogen) atoms. The van der Waals surface area contributed by atoms with Gasteiger partial charge in [-0.3, -0.25) is 0 Å². The van der Waals surface area contributed by atoms with E-state index in [1.807, 2.05) is 18.2 Å². The Labute approximate surface area is 142 Å². The van der Waals surface area contributed by atoms with Crippen molar-refractivity contribution in [3.05, 3.63) is 27.7 Å². The summed E-state index contributed by atoms with van der Waals surface area (Å²) in [4.78, 5) is 0. The first-order valence-corrected chi connectivity index (χ1v) is 9.06. The molecular weight excluding hydrogens is 348 g/mol. The first kappa shape index (κ1) is 17.1. The summed E-state index contributed by atoms with van der Waals surface area (Å²) in [6.07, 6.45) is 6.13. The zero-order valence-corrected chi connectivity index (χ0v) is 15.3. The highest BCUT2D eigenvalue weighted by atomic mass is 79.9. The predicted molar refractivity (Wildman–Crippen MR) is 96.0 cm³/mol. The standard InChI is InChI=1S/C17H26BrClN2/c1-12(2)13-4-3-8-17(11-20,9-7-13)21-14-5-6-16(19)15(18)10-14/h5-6,10,12-13,21H,3-4,7-9,11,20H2,1-2H3. The molecule has 0 bridgehead atoms. The van der Waals surface area contributed by atoms with Gasteiger partial charge in [-0.15, -0.1) is 0 Å². The second kappa shape index (κ2) is 7.34. The van der Waals surface area contributed by atoms with Gasteiger partial charge in [0.05, 0.1) is 5.02 Å². The SMILES string of the molecule is CC(C)C1CCCC(CN)(Nc2ccc(Cl)c(Br)c2)CC1. The molecule has 2 rings (SSSR count). The second-order valence-corrected chi connectivity index (χ2v) is 7.93. The van der Waals surface area contributed by atoms with Crippen molar-refractivity contribution < 1.29 is 0 Å². The second-order valence-electron chi connectivity index (χ2n) is 6.67. The highest BCUT2D eigenvalue weighted by molar-refractivity contribution is 9.10. The molecule has 2 unspecified atom stereocenters. The minimum atomic E-state index is 0.0247. The number of nitrogens with two attached hydrogens (primary N) is 1. The molecule has 2 atom stereocenters. The lowest BCUT2D eigenvalue weighted by molar-refractivity contribution is 0.332. The van der Waals surface area contributed by atoms with E-state index >= 15 is 0 Å². The Kier molecular flexibility index (Phi) is 5.98. The molecule has 1 aliphatic carbocycles. The summed E-state index contributed by atoms with van der Waals surface area (Å²) in [6, 6.07) is 6.01. The highest BCUT2D eigenvalue weighted by Gasteiger charge is 2.32. The summed E-state index contributed by atoms with van der Waals surface area (Å²) in [7, 11) is 0. The molecule has 0 radical (unpaired) electrons. The molecule has 1 aromatic carbocycles. The molecular formula is C17H26BrClN2. The van der Waals surface area contributed by atoms with Crippen LogP contribution >= 0.6 is 27.5 Å². The van der Waals surface area contributed by atoms with Crippen molar-refractivity contribution in [3.8, 4) is 0 Å². The van der Waals surface area contributed by atoms with Crippen LogP contribution in [-0.4, -0.2) is 12.1 Å². The number of anilines is 1. The third-order valence-corrected chi connectivity index (χ3v) is 6.10. The van der Waals surface area contributed by atoms with Gasteiger partial charge in [0.25, 0.3) is 0 Å². The Balaban J connectivity index is 2.12. The topological polar surface area (TPSA) is 38.0 Å². The van der Waals surface area contributed by atoms with E-state index in [9.17, 15) is 0 Å². The van der Waals surface area contributed by atoms with Gasteiger partial charge >= 0.3 is 0 Å². The maximum absolute atomic E-state index is 6.14. The molecule has 118 valence electrons. The van der Waals surface area contributed by atoms with Crippen LogP contribution in [0.5, 0.6) is 0 Å². The van der Waals surface area contributed by atoms with Gasteiger partial charge in [0.1, 0.15) is 0 Å². The zero-order valence-electron chi connectivity index (χ0n) is 13.0. The fraction of sp³-hybridized carbons (Fsp3) is 0.647. The van der Waals surface area contributed by atoms with Crippen molar-refractivity contribution in [1.29, 1.82) is 0 Å². The van der Waals surface area contributed by atoms with E-state index in [1.165, 1.54) is 19.3 Å². The fourth-order valence-corrected chi connectivity index (χ4v) is 3.86. The quantitative estimate of drug-likeness (QED) is 0.689. The summed E-state index contributed by atoms with van der Waals surface area (Å²) < 4.78 is 0.926. The van der Waals surface area contributed by atoms with Crippen molar-refractivity contribution in [2.45, 2.75) is 51.5 Å². The van der Waals surface area contributed by atoms with Crippen molar-refractivity contribution in [2.24, 2.45) is 17.6 Å². The van der Waals surface area contributed by atoms with Gasteiger partial charge in [0.15, 0.2) is 0 Å². The smallest absolute Gasteiger partial charge is 0.0549 e. The van der Waals surface area contributed by atoms with Gasteiger partial charge < -0.3 is 11.1 Å². The van der Waals surface area contributed by atoms with E-state index in [0.717, 1.165) is 39.9 Å². The number of nitrogens with one attached hydrogen (secondary N) is 1. The molecule has 1 aliphatic rings. The van der Waals surface area contributed by atoms with Crippen LogP contribution in [0.25, 0.3) is 0 Å². The molecule has 0 saturated heterocycles. The summed E-state index contributed by atoms with van der Waals surface area (Å²) in [5, 5.41) is 4.44. The summed E-state index contributed by atoms with van der Waals surface area (Å²) >= 11 is 9.56. The maximum Gasteiger partial charge on any atom is 0.0549 e. The van der Waals surface area contributed by atoms with E-state index in [2.05, 4.69) is 35.1 Å². The largest absolute Gasteiger partial charge is 0.378 e. The molecule has 0 aromatic heterocycles. The van der Waals surface area contributed by atoms with Crippen LogP contribution in [0.15, 0.2) is 22.7 Å². The molecule has 0 amide bonds. The Hall–Kier alpha value is -0.250.